The number of non-ortho nitro benzene ring substituents is 1. The van der Waals surface area contributed by atoms with E-state index in [-0.39, 0.29) is 11.6 Å². The minimum absolute atomic E-state index is 0.0333. The SMILES string of the molecule is CCCCNC(=O)C(C)(C)c1ccc([N+](=O)[O-])cc1. The zero-order chi connectivity index (χ0) is 14.5. The fourth-order valence-electron chi connectivity index (χ4n) is 1.73. The number of amides is 1. The van der Waals surface area contributed by atoms with E-state index in [0.29, 0.717) is 6.54 Å². The van der Waals surface area contributed by atoms with Crippen molar-refractivity contribution in [3.8, 4) is 0 Å². The number of unbranched alkanes of at least 4 members (excludes halogenated alkanes) is 1. The second kappa shape index (κ2) is 6.31. The molecule has 0 heterocycles. The fourth-order valence-corrected chi connectivity index (χ4v) is 1.73. The first-order valence-electron chi connectivity index (χ1n) is 6.42. The molecule has 5 heteroatoms. The maximum Gasteiger partial charge on any atom is 0.269 e. The van der Waals surface area contributed by atoms with E-state index >= 15 is 0 Å². The summed E-state index contributed by atoms with van der Waals surface area (Å²) in [7, 11) is 0. The highest BCUT2D eigenvalue weighted by molar-refractivity contribution is 5.87. The number of nitrogens with one attached hydrogen (secondary N) is 1. The number of hydrogen-bond donors (Lipinski definition) is 1. The number of carbonyl (C=O) groups is 1. The Morgan fingerprint density at radius 3 is 2.37 bits per heavy atom. The Morgan fingerprint density at radius 2 is 1.89 bits per heavy atom. The third-order valence-electron chi connectivity index (χ3n) is 3.18. The zero-order valence-electron chi connectivity index (χ0n) is 11.6. The smallest absolute Gasteiger partial charge is 0.269 e. The summed E-state index contributed by atoms with van der Waals surface area (Å²) in [5, 5.41) is 13.5. The Morgan fingerprint density at radius 1 is 1.32 bits per heavy atom. The number of nitrogens with zero attached hydrogens (tertiary/aromatic N) is 1. The fraction of sp³-hybridized carbons (Fsp3) is 0.500. The summed E-state index contributed by atoms with van der Waals surface area (Å²) in [5.41, 5.74) is 0.112. The molecule has 1 aromatic carbocycles. The lowest BCUT2D eigenvalue weighted by molar-refractivity contribution is -0.384. The Labute approximate surface area is 113 Å². The van der Waals surface area contributed by atoms with Gasteiger partial charge in [-0.15, -0.1) is 0 Å². The van der Waals surface area contributed by atoms with Crippen LogP contribution in [-0.4, -0.2) is 17.4 Å². The summed E-state index contributed by atoms with van der Waals surface area (Å²) in [6, 6.07) is 6.13. The minimum atomic E-state index is -0.692. The van der Waals surface area contributed by atoms with E-state index < -0.39 is 10.3 Å². The molecule has 0 saturated heterocycles. The van der Waals surface area contributed by atoms with Gasteiger partial charge in [0.1, 0.15) is 0 Å². The summed E-state index contributed by atoms with van der Waals surface area (Å²) in [6.45, 7) is 6.35. The van der Waals surface area contributed by atoms with Gasteiger partial charge in [0.2, 0.25) is 5.91 Å². The van der Waals surface area contributed by atoms with Gasteiger partial charge in [0.15, 0.2) is 0 Å². The number of nitro groups is 1. The summed E-state index contributed by atoms with van der Waals surface area (Å²) in [6.07, 6.45) is 1.97. The number of carbonyl (C=O) groups excluding carboxylic acids is 1. The van der Waals surface area contributed by atoms with Gasteiger partial charge in [-0.25, -0.2) is 0 Å². The van der Waals surface area contributed by atoms with Crippen LogP contribution in [0.3, 0.4) is 0 Å². The molecule has 0 aliphatic heterocycles. The van der Waals surface area contributed by atoms with Crippen molar-refractivity contribution in [2.24, 2.45) is 0 Å². The van der Waals surface area contributed by atoms with Crippen molar-refractivity contribution in [1.82, 2.24) is 5.32 Å². The molecule has 5 nitrogen and oxygen atoms in total. The quantitative estimate of drug-likeness (QED) is 0.488. The third-order valence-corrected chi connectivity index (χ3v) is 3.18. The van der Waals surface area contributed by atoms with Gasteiger partial charge < -0.3 is 5.32 Å². The maximum atomic E-state index is 12.1. The normalized spacial score (nSPS) is 11.1. The summed E-state index contributed by atoms with van der Waals surface area (Å²) in [4.78, 5) is 22.3. The number of hydrogen-bond acceptors (Lipinski definition) is 3. The number of nitro benzene ring substituents is 1. The lowest BCUT2D eigenvalue weighted by atomic mass is 9.83. The van der Waals surface area contributed by atoms with Crippen LogP contribution in [0, 0.1) is 10.1 Å². The van der Waals surface area contributed by atoms with Crippen molar-refractivity contribution in [3.05, 3.63) is 39.9 Å². The summed E-state index contributed by atoms with van der Waals surface area (Å²) >= 11 is 0. The van der Waals surface area contributed by atoms with Gasteiger partial charge in [0.05, 0.1) is 10.3 Å². The molecule has 0 aliphatic carbocycles. The minimum Gasteiger partial charge on any atom is -0.355 e. The zero-order valence-corrected chi connectivity index (χ0v) is 11.6. The largest absolute Gasteiger partial charge is 0.355 e. The molecule has 0 bridgehead atoms. The van der Waals surface area contributed by atoms with Crippen molar-refractivity contribution < 1.29 is 9.72 Å². The van der Waals surface area contributed by atoms with Crippen LogP contribution in [0.25, 0.3) is 0 Å². The van der Waals surface area contributed by atoms with Gasteiger partial charge in [0, 0.05) is 18.7 Å². The highest BCUT2D eigenvalue weighted by Crippen LogP contribution is 2.25. The van der Waals surface area contributed by atoms with Gasteiger partial charge in [-0.1, -0.05) is 25.5 Å². The van der Waals surface area contributed by atoms with E-state index in [2.05, 4.69) is 12.2 Å². The number of rotatable bonds is 6. The first kappa shape index (κ1) is 15.1. The molecule has 104 valence electrons. The molecule has 0 aliphatic rings. The van der Waals surface area contributed by atoms with Crippen molar-refractivity contribution in [2.75, 3.05) is 6.54 Å². The molecule has 1 rings (SSSR count). The molecular weight excluding hydrogens is 244 g/mol. The Kier molecular flexibility index (Phi) is 5.03. The van der Waals surface area contributed by atoms with Crippen LogP contribution in [0.15, 0.2) is 24.3 Å². The molecule has 0 spiro atoms. The molecule has 1 N–H and O–H groups in total. The van der Waals surface area contributed by atoms with Gasteiger partial charge in [-0.05, 0) is 25.8 Å². The average Bonchev–Trinajstić information content (AvgIpc) is 2.39. The number of benzene rings is 1. The van der Waals surface area contributed by atoms with E-state index in [0.717, 1.165) is 18.4 Å². The van der Waals surface area contributed by atoms with Crippen LogP contribution in [0.2, 0.25) is 0 Å². The van der Waals surface area contributed by atoms with Crippen molar-refractivity contribution in [3.63, 3.8) is 0 Å². The van der Waals surface area contributed by atoms with Crippen LogP contribution in [-0.2, 0) is 10.2 Å². The van der Waals surface area contributed by atoms with Gasteiger partial charge in [-0.2, -0.15) is 0 Å². The second-order valence-corrected chi connectivity index (χ2v) is 5.04. The van der Waals surface area contributed by atoms with Crippen molar-refractivity contribution in [2.45, 2.75) is 39.0 Å². The molecule has 1 amide bonds. The molecule has 0 radical (unpaired) electrons. The predicted octanol–water partition coefficient (Wildman–Crippen LogP) is 2.79. The van der Waals surface area contributed by atoms with Crippen LogP contribution in [0.5, 0.6) is 0 Å². The van der Waals surface area contributed by atoms with Gasteiger partial charge >= 0.3 is 0 Å². The topological polar surface area (TPSA) is 72.2 Å². The van der Waals surface area contributed by atoms with E-state index in [4.69, 9.17) is 0 Å². The average molecular weight is 264 g/mol. The molecule has 0 atom stereocenters. The molecule has 0 aromatic heterocycles. The highest BCUT2D eigenvalue weighted by Gasteiger charge is 2.29. The van der Waals surface area contributed by atoms with E-state index in [1.54, 1.807) is 12.1 Å². The van der Waals surface area contributed by atoms with Crippen LogP contribution in [0.4, 0.5) is 5.69 Å². The third kappa shape index (κ3) is 3.77. The van der Waals surface area contributed by atoms with E-state index in [1.807, 2.05) is 13.8 Å². The van der Waals surface area contributed by atoms with Crippen LogP contribution < -0.4 is 5.32 Å². The highest BCUT2D eigenvalue weighted by atomic mass is 16.6. The lowest BCUT2D eigenvalue weighted by Crippen LogP contribution is -2.40. The molecular formula is C14H20N2O3. The van der Waals surface area contributed by atoms with Crippen LogP contribution >= 0.6 is 0 Å². The first-order chi connectivity index (χ1) is 8.89. The lowest BCUT2D eigenvalue weighted by Gasteiger charge is -2.24. The Bertz CT molecular complexity index is 452. The van der Waals surface area contributed by atoms with Crippen molar-refractivity contribution in [1.29, 1.82) is 0 Å². The standard InChI is InChI=1S/C14H20N2O3/c1-4-5-10-15-13(17)14(2,3)11-6-8-12(9-7-11)16(18)19/h6-9H,4-5,10H2,1-3H3,(H,15,17). The first-order valence-corrected chi connectivity index (χ1v) is 6.42. The molecule has 19 heavy (non-hydrogen) atoms. The summed E-state index contributed by atoms with van der Waals surface area (Å²) in [5.74, 6) is -0.0604. The second-order valence-electron chi connectivity index (χ2n) is 5.04. The molecule has 0 unspecified atom stereocenters. The van der Waals surface area contributed by atoms with E-state index in [1.165, 1.54) is 12.1 Å². The van der Waals surface area contributed by atoms with Crippen LogP contribution in [0.1, 0.15) is 39.2 Å². The predicted molar refractivity (Wildman–Crippen MR) is 74.0 cm³/mol. The molecule has 0 saturated carbocycles. The van der Waals surface area contributed by atoms with Gasteiger partial charge in [0.25, 0.3) is 5.69 Å². The Balaban J connectivity index is 2.81. The van der Waals surface area contributed by atoms with Crippen molar-refractivity contribution >= 4 is 11.6 Å². The monoisotopic (exact) mass is 264 g/mol. The van der Waals surface area contributed by atoms with E-state index in [9.17, 15) is 14.9 Å². The Hall–Kier alpha value is -1.91. The van der Waals surface area contributed by atoms with Gasteiger partial charge in [-0.3, -0.25) is 14.9 Å². The molecule has 0 fully saturated rings. The summed E-state index contributed by atoms with van der Waals surface area (Å²) < 4.78 is 0. The maximum absolute atomic E-state index is 12.1. The molecule has 1 aromatic rings.